The maximum absolute atomic E-state index is 12.8. The predicted octanol–water partition coefficient (Wildman–Crippen LogP) is 3.30. The minimum Gasteiger partial charge on any atom is -0.305 e. The summed E-state index contributed by atoms with van der Waals surface area (Å²) in [6.45, 7) is 1.86. The maximum atomic E-state index is 12.8. The molecule has 3 aromatic rings. The molecule has 2 heterocycles. The van der Waals surface area contributed by atoms with Gasteiger partial charge in [0.05, 0.1) is 17.1 Å². The number of carbonyl (C=O) groups excluding carboxylic acids is 2. The zero-order valence-electron chi connectivity index (χ0n) is 15.4. The second-order valence-corrected chi connectivity index (χ2v) is 6.46. The zero-order valence-corrected chi connectivity index (χ0v) is 15.4. The van der Waals surface area contributed by atoms with Crippen LogP contribution in [-0.2, 0) is 9.59 Å². The number of carbonyl (C=O) groups is 2. The number of nitrogens with one attached hydrogen (secondary N) is 1. The van der Waals surface area contributed by atoms with Crippen molar-refractivity contribution in [2.24, 2.45) is 5.10 Å². The lowest BCUT2D eigenvalue weighted by molar-refractivity contribution is -0.118. The topological polar surface area (TPSA) is 79.6 Å². The number of para-hydroxylation sites is 2. The summed E-state index contributed by atoms with van der Waals surface area (Å²) in [6.07, 6.45) is 0.532. The molecule has 0 unspecified atom stereocenters. The van der Waals surface area contributed by atoms with Crippen LogP contribution in [-0.4, -0.2) is 27.3 Å². The molecule has 7 nitrogen and oxygen atoms in total. The molecule has 4 rings (SSSR count). The molecule has 0 atom stereocenters. The van der Waals surface area contributed by atoms with Crippen LogP contribution in [0.4, 0.5) is 11.5 Å². The molecule has 0 saturated carbocycles. The highest BCUT2D eigenvalue weighted by Gasteiger charge is 2.26. The van der Waals surface area contributed by atoms with Gasteiger partial charge in [0.2, 0.25) is 5.91 Å². The van der Waals surface area contributed by atoms with Crippen molar-refractivity contribution in [3.05, 3.63) is 72.4 Å². The van der Waals surface area contributed by atoms with E-state index in [9.17, 15) is 9.59 Å². The number of anilines is 2. The van der Waals surface area contributed by atoms with Gasteiger partial charge in [-0.1, -0.05) is 36.4 Å². The van der Waals surface area contributed by atoms with Gasteiger partial charge in [-0.3, -0.25) is 9.59 Å². The minimum absolute atomic E-state index is 0.132. The fourth-order valence-corrected chi connectivity index (χ4v) is 3.03. The first-order valence-electron chi connectivity index (χ1n) is 9.01. The molecule has 2 amide bonds. The first-order chi connectivity index (χ1) is 13.6. The van der Waals surface area contributed by atoms with Gasteiger partial charge in [0.1, 0.15) is 11.5 Å². The summed E-state index contributed by atoms with van der Waals surface area (Å²) in [6, 6.07) is 20.5. The highest BCUT2D eigenvalue weighted by atomic mass is 16.2. The fourth-order valence-electron chi connectivity index (χ4n) is 3.03. The van der Waals surface area contributed by atoms with Gasteiger partial charge >= 0.3 is 0 Å². The van der Waals surface area contributed by atoms with Gasteiger partial charge in [-0.25, -0.2) is 9.69 Å². The van der Waals surface area contributed by atoms with E-state index in [1.807, 2.05) is 55.5 Å². The first-order valence-corrected chi connectivity index (χ1v) is 9.01. The average Bonchev–Trinajstić information content (AvgIpc) is 3.09. The van der Waals surface area contributed by atoms with E-state index >= 15 is 0 Å². The van der Waals surface area contributed by atoms with Gasteiger partial charge in [-0.05, 0) is 31.2 Å². The number of aryl methyl sites for hydroxylation is 1. The Morgan fingerprint density at radius 3 is 2.29 bits per heavy atom. The van der Waals surface area contributed by atoms with E-state index in [1.54, 1.807) is 22.9 Å². The van der Waals surface area contributed by atoms with Crippen LogP contribution in [0, 0.1) is 6.92 Å². The van der Waals surface area contributed by atoms with Crippen molar-refractivity contribution in [1.29, 1.82) is 0 Å². The zero-order chi connectivity index (χ0) is 19.5. The van der Waals surface area contributed by atoms with Crippen molar-refractivity contribution in [3.63, 3.8) is 0 Å². The summed E-state index contributed by atoms with van der Waals surface area (Å²) in [7, 11) is 0. The number of hydrazone groups is 1. The van der Waals surface area contributed by atoms with Gasteiger partial charge in [-0.15, -0.1) is 0 Å². The van der Waals surface area contributed by atoms with Crippen molar-refractivity contribution in [2.75, 3.05) is 10.3 Å². The summed E-state index contributed by atoms with van der Waals surface area (Å²) >= 11 is 0. The third kappa shape index (κ3) is 3.55. The van der Waals surface area contributed by atoms with E-state index in [0.717, 1.165) is 11.4 Å². The molecular formula is C21H19N5O2. The number of amides is 2. The number of nitrogens with zero attached hydrogens (tertiary/aromatic N) is 4. The largest absolute Gasteiger partial charge is 0.305 e. The Labute approximate surface area is 162 Å². The molecule has 28 heavy (non-hydrogen) atoms. The van der Waals surface area contributed by atoms with E-state index in [0.29, 0.717) is 23.6 Å². The van der Waals surface area contributed by atoms with Crippen LogP contribution in [0.1, 0.15) is 18.5 Å². The van der Waals surface area contributed by atoms with Crippen molar-refractivity contribution in [1.82, 2.24) is 9.78 Å². The monoisotopic (exact) mass is 373 g/mol. The molecule has 0 spiro atoms. The quantitative estimate of drug-likeness (QED) is 0.762. The highest BCUT2D eigenvalue weighted by Crippen LogP contribution is 2.21. The van der Waals surface area contributed by atoms with Crippen LogP contribution in [0.5, 0.6) is 0 Å². The van der Waals surface area contributed by atoms with Crippen LogP contribution in [0.3, 0.4) is 0 Å². The van der Waals surface area contributed by atoms with Gasteiger partial charge in [0.25, 0.3) is 5.91 Å². The van der Waals surface area contributed by atoms with Gasteiger partial charge in [-0.2, -0.15) is 10.2 Å². The molecule has 0 fully saturated rings. The Balaban J connectivity index is 1.60. The standard InChI is InChI=1S/C21H19N5O2/c1-15-14-19(25(23-15)16-8-4-2-5-9-16)22-21(28)18-12-13-20(27)26(24-18)17-10-6-3-7-11-17/h2-11,14H,12-13H2,1H3,(H,22,28). The molecule has 1 aromatic heterocycles. The van der Waals surface area contributed by atoms with E-state index in [4.69, 9.17) is 0 Å². The summed E-state index contributed by atoms with van der Waals surface area (Å²) < 4.78 is 1.68. The Hall–Kier alpha value is -3.74. The summed E-state index contributed by atoms with van der Waals surface area (Å²) in [5.41, 5.74) is 2.58. The first kappa shape index (κ1) is 17.7. The fraction of sp³-hybridized carbons (Fsp3) is 0.143. The molecule has 1 aliphatic rings. The van der Waals surface area contributed by atoms with Crippen LogP contribution >= 0.6 is 0 Å². The van der Waals surface area contributed by atoms with Crippen molar-refractivity contribution < 1.29 is 9.59 Å². The average molecular weight is 373 g/mol. The molecular weight excluding hydrogens is 354 g/mol. The molecule has 1 N–H and O–H groups in total. The number of hydrogen-bond acceptors (Lipinski definition) is 4. The Morgan fingerprint density at radius 1 is 0.964 bits per heavy atom. The summed E-state index contributed by atoms with van der Waals surface area (Å²) in [4.78, 5) is 25.1. The molecule has 0 aliphatic carbocycles. The van der Waals surface area contributed by atoms with Crippen LogP contribution in [0.2, 0.25) is 0 Å². The van der Waals surface area contributed by atoms with Crippen molar-refractivity contribution in [3.8, 4) is 5.69 Å². The number of rotatable bonds is 4. The molecule has 7 heteroatoms. The van der Waals surface area contributed by atoms with E-state index in [-0.39, 0.29) is 18.2 Å². The third-order valence-electron chi connectivity index (χ3n) is 4.37. The lowest BCUT2D eigenvalue weighted by Gasteiger charge is -2.23. The van der Waals surface area contributed by atoms with Gasteiger partial charge < -0.3 is 5.32 Å². The SMILES string of the molecule is Cc1cc(NC(=O)C2=NN(c3ccccc3)C(=O)CC2)n(-c2ccccc2)n1. The molecule has 1 aliphatic heterocycles. The van der Waals surface area contributed by atoms with Gasteiger partial charge in [0.15, 0.2) is 0 Å². The molecule has 2 aromatic carbocycles. The third-order valence-corrected chi connectivity index (χ3v) is 4.37. The number of benzene rings is 2. The maximum Gasteiger partial charge on any atom is 0.273 e. The normalized spacial score (nSPS) is 14.0. The van der Waals surface area contributed by atoms with Gasteiger partial charge in [0, 0.05) is 18.9 Å². The van der Waals surface area contributed by atoms with E-state index in [1.165, 1.54) is 5.01 Å². The Bertz CT molecular complexity index is 1040. The predicted molar refractivity (Wildman–Crippen MR) is 108 cm³/mol. The summed E-state index contributed by atoms with van der Waals surface area (Å²) in [5, 5.41) is 12.9. The van der Waals surface area contributed by atoms with Crippen LogP contribution < -0.4 is 10.3 Å². The highest BCUT2D eigenvalue weighted by molar-refractivity contribution is 6.44. The second kappa shape index (κ2) is 7.48. The van der Waals surface area contributed by atoms with E-state index < -0.39 is 0 Å². The minimum atomic E-state index is -0.342. The Kier molecular flexibility index (Phi) is 4.72. The molecule has 140 valence electrons. The van der Waals surface area contributed by atoms with Crippen molar-refractivity contribution >= 4 is 29.0 Å². The summed E-state index contributed by atoms with van der Waals surface area (Å²) in [5.74, 6) is 0.0815. The van der Waals surface area contributed by atoms with Crippen LogP contribution in [0.15, 0.2) is 71.8 Å². The van der Waals surface area contributed by atoms with Crippen molar-refractivity contribution in [2.45, 2.75) is 19.8 Å². The second-order valence-electron chi connectivity index (χ2n) is 6.46. The lowest BCUT2D eigenvalue weighted by atomic mass is 10.1. The number of hydrogen-bond donors (Lipinski definition) is 1. The Morgan fingerprint density at radius 2 is 1.61 bits per heavy atom. The van der Waals surface area contributed by atoms with Crippen LogP contribution in [0.25, 0.3) is 5.69 Å². The van der Waals surface area contributed by atoms with E-state index in [2.05, 4.69) is 15.5 Å². The number of aromatic nitrogens is 2. The molecule has 0 saturated heterocycles. The lowest BCUT2D eigenvalue weighted by Crippen LogP contribution is -2.36. The smallest absolute Gasteiger partial charge is 0.273 e. The molecule has 0 bridgehead atoms. The molecule has 0 radical (unpaired) electrons.